The van der Waals surface area contributed by atoms with Crippen LogP contribution in [0.5, 0.6) is 0 Å². The molecule has 2 aromatic heterocycles. The van der Waals surface area contributed by atoms with Crippen molar-refractivity contribution in [1.82, 2.24) is 14.8 Å². The maximum Gasteiger partial charge on any atom is 0.278 e. The Bertz CT molecular complexity index is 1040. The molecule has 0 spiro atoms. The molecule has 4 nitrogen and oxygen atoms in total. The average molecular weight is 313 g/mol. The van der Waals surface area contributed by atoms with Crippen molar-refractivity contribution in [3.05, 3.63) is 84.2 Å². The number of fused-ring (bicyclic) bond motifs is 1. The van der Waals surface area contributed by atoms with E-state index in [0.717, 1.165) is 27.7 Å². The largest absolute Gasteiger partial charge is 0.278 e. The van der Waals surface area contributed by atoms with Gasteiger partial charge < -0.3 is 0 Å². The molecule has 24 heavy (non-hydrogen) atoms. The molecule has 4 rings (SSSR count). The van der Waals surface area contributed by atoms with Crippen LogP contribution in [0.15, 0.2) is 73.1 Å². The van der Waals surface area contributed by atoms with Crippen molar-refractivity contribution in [2.24, 2.45) is 0 Å². The van der Waals surface area contributed by atoms with Crippen molar-refractivity contribution in [3.8, 4) is 11.3 Å². The highest BCUT2D eigenvalue weighted by molar-refractivity contribution is 6.07. The zero-order chi connectivity index (χ0) is 16.5. The van der Waals surface area contributed by atoms with E-state index < -0.39 is 0 Å². The lowest BCUT2D eigenvalue weighted by Crippen LogP contribution is -2.13. The predicted octanol–water partition coefficient (Wildman–Crippen LogP) is 4.10. The fraction of sp³-hybridized carbons (Fsp3) is 0.0500. The molecule has 0 saturated heterocycles. The summed E-state index contributed by atoms with van der Waals surface area (Å²) >= 11 is 0. The number of pyridine rings is 1. The fourth-order valence-corrected chi connectivity index (χ4v) is 2.86. The van der Waals surface area contributed by atoms with Gasteiger partial charge in [0, 0.05) is 23.3 Å². The lowest BCUT2D eigenvalue weighted by molar-refractivity contribution is 0.0946. The van der Waals surface area contributed by atoms with E-state index in [4.69, 9.17) is 4.98 Å². The quantitative estimate of drug-likeness (QED) is 0.560. The van der Waals surface area contributed by atoms with Crippen molar-refractivity contribution >= 4 is 16.8 Å². The molecule has 0 N–H and O–H groups in total. The first kappa shape index (κ1) is 14.3. The molecule has 0 amide bonds. The van der Waals surface area contributed by atoms with Crippen LogP contribution in [0, 0.1) is 6.92 Å². The van der Waals surface area contributed by atoms with E-state index in [2.05, 4.69) is 5.10 Å². The molecule has 0 atom stereocenters. The second-order valence-corrected chi connectivity index (χ2v) is 5.64. The molecule has 0 radical (unpaired) electrons. The summed E-state index contributed by atoms with van der Waals surface area (Å²) in [7, 11) is 0. The standard InChI is InChI=1S/C20H15N3O/c1-14-7-2-3-8-15(14)19-13-17(20(24)23-12-6-11-21-23)16-9-4-5-10-18(16)22-19/h2-13H,1H3. The Kier molecular flexibility index (Phi) is 3.43. The Balaban J connectivity index is 1.98. The van der Waals surface area contributed by atoms with Gasteiger partial charge in [0.05, 0.1) is 16.8 Å². The Hall–Kier alpha value is -3.27. The number of benzene rings is 2. The summed E-state index contributed by atoms with van der Waals surface area (Å²) in [5.41, 5.74) is 4.34. The molecule has 2 heterocycles. The smallest absolute Gasteiger partial charge is 0.267 e. The van der Waals surface area contributed by atoms with Gasteiger partial charge in [0.15, 0.2) is 0 Å². The van der Waals surface area contributed by atoms with Crippen LogP contribution < -0.4 is 0 Å². The summed E-state index contributed by atoms with van der Waals surface area (Å²) in [5, 5.41) is 4.90. The lowest BCUT2D eigenvalue weighted by Gasteiger charge is -2.10. The average Bonchev–Trinajstić information content (AvgIpc) is 3.15. The fourth-order valence-electron chi connectivity index (χ4n) is 2.86. The first-order valence-corrected chi connectivity index (χ1v) is 7.74. The Morgan fingerprint density at radius 3 is 2.58 bits per heavy atom. The highest BCUT2D eigenvalue weighted by Gasteiger charge is 2.16. The highest BCUT2D eigenvalue weighted by atomic mass is 16.2. The molecule has 4 aromatic rings. The summed E-state index contributed by atoms with van der Waals surface area (Å²) in [6.45, 7) is 2.04. The zero-order valence-electron chi connectivity index (χ0n) is 13.2. The van der Waals surface area contributed by atoms with E-state index in [1.165, 1.54) is 4.68 Å². The Labute approximate surface area is 139 Å². The van der Waals surface area contributed by atoms with Crippen LogP contribution in [0.3, 0.4) is 0 Å². The van der Waals surface area contributed by atoms with Gasteiger partial charge in [0.2, 0.25) is 0 Å². The van der Waals surface area contributed by atoms with Gasteiger partial charge in [0.25, 0.3) is 5.91 Å². The van der Waals surface area contributed by atoms with Crippen LogP contribution in [0.25, 0.3) is 22.2 Å². The molecule has 4 heteroatoms. The van der Waals surface area contributed by atoms with Gasteiger partial charge in [-0.1, -0.05) is 42.5 Å². The molecule has 0 aliphatic heterocycles. The summed E-state index contributed by atoms with van der Waals surface area (Å²) in [6.07, 6.45) is 3.26. The molecule has 0 saturated carbocycles. The number of rotatable bonds is 2. The van der Waals surface area contributed by atoms with Crippen LogP contribution in [0.1, 0.15) is 15.9 Å². The first-order valence-electron chi connectivity index (χ1n) is 7.74. The normalized spacial score (nSPS) is 10.9. The van der Waals surface area contributed by atoms with Gasteiger partial charge in [0.1, 0.15) is 0 Å². The third kappa shape index (κ3) is 2.38. The van der Waals surface area contributed by atoms with Crippen LogP contribution in [-0.4, -0.2) is 20.7 Å². The van der Waals surface area contributed by atoms with E-state index in [1.807, 2.05) is 61.5 Å². The number of para-hydroxylation sites is 1. The van der Waals surface area contributed by atoms with E-state index in [0.29, 0.717) is 5.56 Å². The molecule has 2 aromatic carbocycles. The molecule has 0 aliphatic carbocycles. The summed E-state index contributed by atoms with van der Waals surface area (Å²) in [4.78, 5) is 17.6. The summed E-state index contributed by atoms with van der Waals surface area (Å²) in [6, 6.07) is 19.3. The number of aryl methyl sites for hydroxylation is 1. The van der Waals surface area contributed by atoms with Gasteiger partial charge in [-0.15, -0.1) is 0 Å². The second kappa shape index (κ2) is 5.74. The predicted molar refractivity (Wildman–Crippen MR) is 93.9 cm³/mol. The monoisotopic (exact) mass is 313 g/mol. The SMILES string of the molecule is Cc1ccccc1-c1cc(C(=O)n2cccn2)c2ccccc2n1. The Morgan fingerprint density at radius 1 is 1.00 bits per heavy atom. The van der Waals surface area contributed by atoms with Crippen LogP contribution in [0.4, 0.5) is 0 Å². The summed E-state index contributed by atoms with van der Waals surface area (Å²) < 4.78 is 1.35. The van der Waals surface area contributed by atoms with Crippen LogP contribution in [-0.2, 0) is 0 Å². The highest BCUT2D eigenvalue weighted by Crippen LogP contribution is 2.27. The lowest BCUT2D eigenvalue weighted by atomic mass is 10.0. The number of carbonyl (C=O) groups excluding carboxylic acids is 1. The van der Waals surface area contributed by atoms with Crippen molar-refractivity contribution < 1.29 is 4.79 Å². The maximum atomic E-state index is 12.9. The van der Waals surface area contributed by atoms with Gasteiger partial charge in [-0.25, -0.2) is 9.67 Å². The van der Waals surface area contributed by atoms with Crippen molar-refractivity contribution in [1.29, 1.82) is 0 Å². The minimum absolute atomic E-state index is 0.159. The third-order valence-corrected chi connectivity index (χ3v) is 4.08. The van der Waals surface area contributed by atoms with Crippen molar-refractivity contribution in [2.45, 2.75) is 6.92 Å². The number of nitrogens with zero attached hydrogens (tertiary/aromatic N) is 3. The molecule has 116 valence electrons. The van der Waals surface area contributed by atoms with Crippen molar-refractivity contribution in [3.63, 3.8) is 0 Å². The van der Waals surface area contributed by atoms with E-state index in [9.17, 15) is 4.79 Å². The molecular weight excluding hydrogens is 298 g/mol. The molecule has 0 bridgehead atoms. The maximum absolute atomic E-state index is 12.9. The first-order chi connectivity index (χ1) is 11.7. The van der Waals surface area contributed by atoms with Crippen molar-refractivity contribution in [2.75, 3.05) is 0 Å². The molecule has 0 fully saturated rings. The van der Waals surface area contributed by atoms with Crippen LogP contribution in [0.2, 0.25) is 0 Å². The van der Waals surface area contributed by atoms with E-state index in [1.54, 1.807) is 18.5 Å². The van der Waals surface area contributed by atoms with Gasteiger partial charge >= 0.3 is 0 Å². The minimum Gasteiger partial charge on any atom is -0.267 e. The van der Waals surface area contributed by atoms with E-state index in [-0.39, 0.29) is 5.91 Å². The van der Waals surface area contributed by atoms with Gasteiger partial charge in [-0.3, -0.25) is 4.79 Å². The number of aromatic nitrogens is 3. The third-order valence-electron chi connectivity index (χ3n) is 4.08. The number of hydrogen-bond acceptors (Lipinski definition) is 3. The minimum atomic E-state index is -0.159. The Morgan fingerprint density at radius 2 is 1.79 bits per heavy atom. The second-order valence-electron chi connectivity index (χ2n) is 5.64. The topological polar surface area (TPSA) is 47.8 Å². The van der Waals surface area contributed by atoms with Crippen LogP contribution >= 0.6 is 0 Å². The van der Waals surface area contributed by atoms with Gasteiger partial charge in [-0.05, 0) is 30.7 Å². The van der Waals surface area contributed by atoms with Gasteiger partial charge in [-0.2, -0.15) is 5.10 Å². The summed E-state index contributed by atoms with van der Waals surface area (Å²) in [5.74, 6) is -0.159. The zero-order valence-corrected chi connectivity index (χ0v) is 13.2. The molecule has 0 unspecified atom stereocenters. The number of carbonyl (C=O) groups is 1. The van der Waals surface area contributed by atoms with E-state index >= 15 is 0 Å². The number of hydrogen-bond donors (Lipinski definition) is 0. The molecular formula is C20H15N3O. The molecule has 0 aliphatic rings.